The lowest BCUT2D eigenvalue weighted by molar-refractivity contribution is 0.174. The number of aliphatic hydroxyl groups excluding tert-OH is 1. The summed E-state index contributed by atoms with van der Waals surface area (Å²) in [6.45, 7) is 0. The van der Waals surface area contributed by atoms with Crippen LogP contribution in [0.15, 0.2) is 28.7 Å². The molecule has 1 heterocycles. The van der Waals surface area contributed by atoms with E-state index in [1.54, 1.807) is 0 Å². The Morgan fingerprint density at radius 2 is 2.19 bits per heavy atom. The molecule has 2 aromatic rings. The maximum Gasteiger partial charge on any atom is 0.108 e. The molecule has 1 N–H and O–H groups in total. The summed E-state index contributed by atoms with van der Waals surface area (Å²) in [7, 11) is 1.89. The van der Waals surface area contributed by atoms with Gasteiger partial charge in [0.1, 0.15) is 6.10 Å². The van der Waals surface area contributed by atoms with Crippen LogP contribution >= 0.6 is 15.9 Å². The maximum absolute atomic E-state index is 9.91. The van der Waals surface area contributed by atoms with Crippen molar-refractivity contribution < 1.29 is 5.11 Å². The largest absolute Gasteiger partial charge is 0.386 e. The molecule has 2 rings (SSSR count). The van der Waals surface area contributed by atoms with E-state index in [0.717, 1.165) is 21.1 Å². The van der Waals surface area contributed by atoms with E-state index in [9.17, 15) is 5.11 Å². The highest BCUT2D eigenvalue weighted by Crippen LogP contribution is 2.34. The van der Waals surface area contributed by atoms with Crippen LogP contribution < -0.4 is 0 Å². The molecule has 1 atom stereocenters. The number of nitriles is 1. The molecule has 0 aliphatic rings. The summed E-state index contributed by atoms with van der Waals surface area (Å²) in [6, 6.07) is 9.86. The standard InChI is InChI=1S/C12H11BrN2O/c1-15-9-5-3-2-4-8(9)11(13)12(15)10(16)6-7-14/h2-5,10,16H,6H2,1H3. The van der Waals surface area contributed by atoms with E-state index in [0.29, 0.717) is 0 Å². The summed E-state index contributed by atoms with van der Waals surface area (Å²) < 4.78 is 2.79. The number of hydrogen-bond acceptors (Lipinski definition) is 2. The molecule has 0 fully saturated rings. The molecular weight excluding hydrogens is 268 g/mol. The number of aryl methyl sites for hydroxylation is 1. The van der Waals surface area contributed by atoms with Crippen molar-refractivity contribution in [3.05, 3.63) is 34.4 Å². The van der Waals surface area contributed by atoms with Gasteiger partial charge in [0.2, 0.25) is 0 Å². The number of aromatic nitrogens is 1. The minimum atomic E-state index is -0.753. The predicted octanol–water partition coefficient (Wildman–Crippen LogP) is 2.89. The highest BCUT2D eigenvalue weighted by Gasteiger charge is 2.19. The zero-order chi connectivity index (χ0) is 11.7. The van der Waals surface area contributed by atoms with Crippen LogP contribution in [-0.2, 0) is 7.05 Å². The second kappa shape index (κ2) is 4.28. The third-order valence-electron chi connectivity index (χ3n) is 2.69. The fourth-order valence-electron chi connectivity index (χ4n) is 1.92. The Kier molecular flexibility index (Phi) is 2.99. The minimum Gasteiger partial charge on any atom is -0.386 e. The molecule has 16 heavy (non-hydrogen) atoms. The first-order valence-electron chi connectivity index (χ1n) is 4.94. The van der Waals surface area contributed by atoms with E-state index in [2.05, 4.69) is 15.9 Å². The first-order chi connectivity index (χ1) is 7.66. The average Bonchev–Trinajstić information content (AvgIpc) is 2.53. The molecule has 82 valence electrons. The van der Waals surface area contributed by atoms with Gasteiger partial charge in [-0.05, 0) is 22.0 Å². The number of rotatable bonds is 2. The topological polar surface area (TPSA) is 49.0 Å². The zero-order valence-electron chi connectivity index (χ0n) is 8.81. The minimum absolute atomic E-state index is 0.1000. The van der Waals surface area contributed by atoms with E-state index >= 15 is 0 Å². The fourth-order valence-corrected chi connectivity index (χ4v) is 2.79. The third kappa shape index (κ3) is 1.62. The quantitative estimate of drug-likeness (QED) is 0.918. The number of halogens is 1. The summed E-state index contributed by atoms with van der Waals surface area (Å²) >= 11 is 3.48. The number of hydrogen-bond donors (Lipinski definition) is 1. The van der Waals surface area contributed by atoms with Gasteiger partial charge >= 0.3 is 0 Å². The number of aliphatic hydroxyl groups is 1. The molecule has 1 unspecified atom stereocenters. The molecule has 1 aromatic carbocycles. The normalized spacial score (nSPS) is 12.6. The Morgan fingerprint density at radius 3 is 2.81 bits per heavy atom. The van der Waals surface area contributed by atoms with Gasteiger partial charge in [-0.2, -0.15) is 5.26 Å². The number of fused-ring (bicyclic) bond motifs is 1. The van der Waals surface area contributed by atoms with Crippen LogP contribution in [0.25, 0.3) is 10.9 Å². The van der Waals surface area contributed by atoms with Gasteiger partial charge in [0, 0.05) is 22.4 Å². The zero-order valence-corrected chi connectivity index (χ0v) is 10.4. The average molecular weight is 279 g/mol. The summed E-state index contributed by atoms with van der Waals surface area (Å²) in [5.74, 6) is 0. The van der Waals surface area contributed by atoms with Crippen molar-refractivity contribution in [2.75, 3.05) is 0 Å². The van der Waals surface area contributed by atoms with E-state index < -0.39 is 6.10 Å². The van der Waals surface area contributed by atoms with Crippen LogP contribution in [0.4, 0.5) is 0 Å². The van der Waals surface area contributed by atoms with Gasteiger partial charge in [-0.3, -0.25) is 0 Å². The van der Waals surface area contributed by atoms with Gasteiger partial charge in [0.15, 0.2) is 0 Å². The summed E-state index contributed by atoms with van der Waals surface area (Å²) in [5, 5.41) is 19.6. The van der Waals surface area contributed by atoms with Gasteiger partial charge in [0.25, 0.3) is 0 Å². The molecule has 0 bridgehead atoms. The van der Waals surface area contributed by atoms with Gasteiger partial charge in [0.05, 0.1) is 18.2 Å². The predicted molar refractivity (Wildman–Crippen MR) is 65.8 cm³/mol. The second-order valence-electron chi connectivity index (χ2n) is 3.65. The SMILES string of the molecule is Cn1c(C(O)CC#N)c(Br)c2ccccc21. The lowest BCUT2D eigenvalue weighted by atomic mass is 10.2. The van der Waals surface area contributed by atoms with Crippen molar-refractivity contribution >= 4 is 26.8 Å². The Labute approximate surface area is 102 Å². The number of nitrogens with zero attached hydrogens (tertiary/aromatic N) is 2. The smallest absolute Gasteiger partial charge is 0.108 e. The summed E-state index contributed by atoms with van der Waals surface area (Å²) in [5.41, 5.74) is 1.80. The van der Waals surface area contributed by atoms with Gasteiger partial charge in [-0.25, -0.2) is 0 Å². The fraction of sp³-hybridized carbons (Fsp3) is 0.250. The first kappa shape index (κ1) is 11.2. The molecule has 0 amide bonds. The Balaban J connectivity index is 2.67. The van der Waals surface area contributed by atoms with Crippen molar-refractivity contribution in [3.8, 4) is 6.07 Å². The van der Waals surface area contributed by atoms with E-state index in [-0.39, 0.29) is 6.42 Å². The molecule has 1 aromatic heterocycles. The summed E-state index contributed by atoms with van der Waals surface area (Å²) in [4.78, 5) is 0. The van der Waals surface area contributed by atoms with Crippen LogP contribution in [0.5, 0.6) is 0 Å². The number of para-hydroxylation sites is 1. The molecule has 0 spiro atoms. The molecule has 0 saturated carbocycles. The Bertz CT molecular complexity index is 529. The number of benzene rings is 1. The molecule has 0 saturated heterocycles. The first-order valence-corrected chi connectivity index (χ1v) is 5.74. The van der Waals surface area contributed by atoms with E-state index in [1.807, 2.05) is 41.9 Å². The van der Waals surface area contributed by atoms with Crippen LogP contribution in [0.1, 0.15) is 18.2 Å². The van der Waals surface area contributed by atoms with Crippen LogP contribution in [0.2, 0.25) is 0 Å². The van der Waals surface area contributed by atoms with Gasteiger partial charge in [-0.15, -0.1) is 0 Å². The molecule has 0 radical (unpaired) electrons. The lowest BCUT2D eigenvalue weighted by Gasteiger charge is -2.09. The monoisotopic (exact) mass is 278 g/mol. The van der Waals surface area contributed by atoms with Crippen molar-refractivity contribution in [2.24, 2.45) is 7.05 Å². The lowest BCUT2D eigenvalue weighted by Crippen LogP contribution is -2.03. The van der Waals surface area contributed by atoms with Crippen molar-refractivity contribution in [1.29, 1.82) is 5.26 Å². The Hall–Kier alpha value is -1.31. The van der Waals surface area contributed by atoms with Crippen molar-refractivity contribution in [1.82, 2.24) is 4.57 Å². The molecule has 0 aliphatic carbocycles. The van der Waals surface area contributed by atoms with E-state index in [4.69, 9.17) is 5.26 Å². The third-order valence-corrected chi connectivity index (χ3v) is 3.52. The highest BCUT2D eigenvalue weighted by molar-refractivity contribution is 9.10. The molecule has 4 heteroatoms. The van der Waals surface area contributed by atoms with Gasteiger partial charge < -0.3 is 9.67 Å². The molecule has 0 aliphatic heterocycles. The van der Waals surface area contributed by atoms with Gasteiger partial charge in [-0.1, -0.05) is 18.2 Å². The highest BCUT2D eigenvalue weighted by atomic mass is 79.9. The van der Waals surface area contributed by atoms with Crippen LogP contribution in [-0.4, -0.2) is 9.67 Å². The van der Waals surface area contributed by atoms with Crippen molar-refractivity contribution in [3.63, 3.8) is 0 Å². The molecule has 3 nitrogen and oxygen atoms in total. The second-order valence-corrected chi connectivity index (χ2v) is 4.45. The van der Waals surface area contributed by atoms with E-state index in [1.165, 1.54) is 0 Å². The van der Waals surface area contributed by atoms with Crippen LogP contribution in [0, 0.1) is 11.3 Å². The van der Waals surface area contributed by atoms with Crippen LogP contribution in [0.3, 0.4) is 0 Å². The van der Waals surface area contributed by atoms with Crippen molar-refractivity contribution in [2.45, 2.75) is 12.5 Å². The Morgan fingerprint density at radius 1 is 1.50 bits per heavy atom. The molecular formula is C12H11BrN2O. The summed E-state index contributed by atoms with van der Waals surface area (Å²) in [6.07, 6.45) is -0.653. The maximum atomic E-state index is 9.91.